The Morgan fingerprint density at radius 2 is 2.11 bits per heavy atom. The van der Waals surface area contributed by atoms with E-state index in [-0.39, 0.29) is 18.3 Å². The molecule has 8 heteroatoms. The summed E-state index contributed by atoms with van der Waals surface area (Å²) in [4.78, 5) is 13.3. The molecule has 2 rings (SSSR count). The fraction of sp³-hybridized carbons (Fsp3) is 0.909. The van der Waals surface area contributed by atoms with Crippen molar-refractivity contribution in [3.05, 3.63) is 0 Å². The van der Waals surface area contributed by atoms with Gasteiger partial charge in [-0.2, -0.15) is 13.2 Å². The van der Waals surface area contributed by atoms with E-state index in [1.165, 1.54) is 0 Å². The minimum Gasteiger partial charge on any atom is -0.362 e. The van der Waals surface area contributed by atoms with Gasteiger partial charge in [0, 0.05) is 19.1 Å². The van der Waals surface area contributed by atoms with Gasteiger partial charge in [0.1, 0.15) is 13.2 Å². The minimum absolute atomic E-state index is 0. The van der Waals surface area contributed by atoms with Gasteiger partial charge in [0.25, 0.3) is 0 Å². The average molecular weight is 303 g/mol. The lowest BCUT2D eigenvalue weighted by molar-refractivity contribution is -0.178. The highest BCUT2D eigenvalue weighted by molar-refractivity contribution is 5.85. The zero-order valence-electron chi connectivity index (χ0n) is 10.4. The Bertz CT molecular complexity index is 315. The lowest BCUT2D eigenvalue weighted by Crippen LogP contribution is -2.48. The topological polar surface area (TPSA) is 41.6 Å². The molecule has 0 bridgehead atoms. The average Bonchev–Trinajstić information content (AvgIpc) is 2.73. The molecule has 2 saturated heterocycles. The first-order chi connectivity index (χ1) is 8.46. The predicted octanol–water partition coefficient (Wildman–Crippen LogP) is 1.20. The van der Waals surface area contributed by atoms with Crippen molar-refractivity contribution in [3.63, 3.8) is 0 Å². The van der Waals surface area contributed by atoms with Crippen LogP contribution in [-0.4, -0.2) is 55.9 Å². The summed E-state index contributed by atoms with van der Waals surface area (Å²) < 4.78 is 40.0. The van der Waals surface area contributed by atoms with Crippen LogP contribution in [-0.2, 0) is 9.53 Å². The second kappa shape index (κ2) is 6.76. The van der Waals surface area contributed by atoms with E-state index in [1.54, 1.807) is 4.90 Å². The monoisotopic (exact) mass is 302 g/mol. The molecule has 1 N–H and O–H groups in total. The van der Waals surface area contributed by atoms with Crippen LogP contribution in [0.15, 0.2) is 0 Å². The number of carbonyl (C=O) groups is 1. The summed E-state index contributed by atoms with van der Waals surface area (Å²) in [7, 11) is 0. The van der Waals surface area contributed by atoms with E-state index in [4.69, 9.17) is 0 Å². The van der Waals surface area contributed by atoms with Gasteiger partial charge in [-0.15, -0.1) is 12.4 Å². The fourth-order valence-electron chi connectivity index (χ4n) is 2.62. The number of alkyl halides is 3. The van der Waals surface area contributed by atoms with Gasteiger partial charge in [-0.3, -0.25) is 4.79 Å². The van der Waals surface area contributed by atoms with Crippen molar-refractivity contribution in [1.29, 1.82) is 0 Å². The van der Waals surface area contributed by atoms with Crippen LogP contribution in [0.4, 0.5) is 13.2 Å². The van der Waals surface area contributed by atoms with E-state index in [9.17, 15) is 18.0 Å². The number of hydrogen-bond donors (Lipinski definition) is 1. The van der Waals surface area contributed by atoms with Crippen LogP contribution in [0.5, 0.6) is 0 Å². The molecule has 112 valence electrons. The number of nitrogens with one attached hydrogen (secondary N) is 1. The Hall–Kier alpha value is -0.530. The Morgan fingerprint density at radius 1 is 1.37 bits per heavy atom. The quantitative estimate of drug-likeness (QED) is 0.852. The van der Waals surface area contributed by atoms with Gasteiger partial charge in [-0.1, -0.05) is 0 Å². The smallest absolute Gasteiger partial charge is 0.362 e. The van der Waals surface area contributed by atoms with Crippen LogP contribution >= 0.6 is 12.4 Å². The standard InChI is InChI=1S/C11H17F3N2O2.ClH/c12-11(13,14)7-18-6-10(17)16-4-2-9-8(5-16)1-3-15-9;/h8-9,15H,1-7H2;1H. The third-order valence-corrected chi connectivity index (χ3v) is 3.50. The largest absolute Gasteiger partial charge is 0.411 e. The normalized spacial score (nSPS) is 26.8. The summed E-state index contributed by atoms with van der Waals surface area (Å²) >= 11 is 0. The van der Waals surface area contributed by atoms with Crippen molar-refractivity contribution in [2.45, 2.75) is 25.1 Å². The number of hydrogen-bond acceptors (Lipinski definition) is 3. The van der Waals surface area contributed by atoms with Crippen LogP contribution in [0.2, 0.25) is 0 Å². The first kappa shape index (κ1) is 16.5. The highest BCUT2D eigenvalue weighted by Crippen LogP contribution is 2.24. The Labute approximate surface area is 116 Å². The lowest BCUT2D eigenvalue weighted by atomic mass is 9.93. The van der Waals surface area contributed by atoms with E-state index in [2.05, 4.69) is 10.1 Å². The van der Waals surface area contributed by atoms with Crippen molar-refractivity contribution in [2.75, 3.05) is 32.8 Å². The van der Waals surface area contributed by atoms with Gasteiger partial charge in [0.05, 0.1) is 0 Å². The van der Waals surface area contributed by atoms with Gasteiger partial charge < -0.3 is 15.0 Å². The molecule has 1 amide bonds. The Balaban J connectivity index is 0.00000180. The highest BCUT2D eigenvalue weighted by atomic mass is 35.5. The van der Waals surface area contributed by atoms with Crippen LogP contribution < -0.4 is 5.32 Å². The van der Waals surface area contributed by atoms with Crippen molar-refractivity contribution in [1.82, 2.24) is 10.2 Å². The molecule has 4 nitrogen and oxygen atoms in total. The SMILES string of the molecule is Cl.O=C(COCC(F)(F)F)N1CCC2NCCC2C1. The molecule has 0 aromatic heterocycles. The molecule has 2 aliphatic heterocycles. The summed E-state index contributed by atoms with van der Waals surface area (Å²) in [6.45, 7) is 0.348. The molecule has 0 radical (unpaired) electrons. The van der Waals surface area contributed by atoms with Crippen molar-refractivity contribution in [2.24, 2.45) is 5.92 Å². The highest BCUT2D eigenvalue weighted by Gasteiger charge is 2.34. The molecule has 19 heavy (non-hydrogen) atoms. The molecule has 2 heterocycles. The minimum atomic E-state index is -4.37. The second-order valence-electron chi connectivity index (χ2n) is 4.85. The third kappa shape index (κ3) is 4.81. The second-order valence-corrected chi connectivity index (χ2v) is 4.85. The van der Waals surface area contributed by atoms with Gasteiger partial charge >= 0.3 is 6.18 Å². The Morgan fingerprint density at radius 3 is 2.79 bits per heavy atom. The maximum absolute atomic E-state index is 11.9. The van der Waals surface area contributed by atoms with E-state index in [0.717, 1.165) is 19.4 Å². The molecular weight excluding hydrogens is 285 g/mol. The summed E-state index contributed by atoms with van der Waals surface area (Å²) in [6.07, 6.45) is -2.48. The molecule has 2 aliphatic rings. The molecule has 2 unspecified atom stereocenters. The number of carbonyl (C=O) groups excluding carboxylic acids is 1. The van der Waals surface area contributed by atoms with E-state index < -0.39 is 19.4 Å². The summed E-state index contributed by atoms with van der Waals surface area (Å²) in [5.41, 5.74) is 0. The number of ether oxygens (including phenoxy) is 1. The molecule has 0 spiro atoms. The van der Waals surface area contributed by atoms with Crippen LogP contribution in [0.25, 0.3) is 0 Å². The summed E-state index contributed by atoms with van der Waals surface area (Å²) in [5, 5.41) is 3.36. The molecule has 0 aromatic rings. The number of halogens is 4. The first-order valence-electron chi connectivity index (χ1n) is 6.11. The number of amides is 1. The van der Waals surface area contributed by atoms with Gasteiger partial charge in [0.15, 0.2) is 0 Å². The van der Waals surface area contributed by atoms with E-state index >= 15 is 0 Å². The van der Waals surface area contributed by atoms with Crippen molar-refractivity contribution >= 4 is 18.3 Å². The van der Waals surface area contributed by atoms with Crippen molar-refractivity contribution in [3.8, 4) is 0 Å². The van der Waals surface area contributed by atoms with Crippen molar-refractivity contribution < 1.29 is 22.7 Å². The first-order valence-corrected chi connectivity index (χ1v) is 6.11. The Kier molecular flexibility index (Phi) is 5.88. The molecule has 2 atom stereocenters. The van der Waals surface area contributed by atoms with Gasteiger partial charge in [-0.25, -0.2) is 0 Å². The van der Waals surface area contributed by atoms with Gasteiger partial charge in [-0.05, 0) is 25.3 Å². The molecular formula is C11H18ClF3N2O2. The zero-order chi connectivity index (χ0) is 13.2. The predicted molar refractivity (Wildman–Crippen MR) is 65.2 cm³/mol. The zero-order valence-corrected chi connectivity index (χ0v) is 11.2. The van der Waals surface area contributed by atoms with E-state index in [0.29, 0.717) is 25.0 Å². The molecule has 0 aliphatic carbocycles. The fourth-order valence-corrected chi connectivity index (χ4v) is 2.62. The number of fused-ring (bicyclic) bond motifs is 1. The maximum Gasteiger partial charge on any atom is 0.411 e. The molecule has 0 aromatic carbocycles. The molecule has 0 saturated carbocycles. The number of nitrogens with zero attached hydrogens (tertiary/aromatic N) is 1. The third-order valence-electron chi connectivity index (χ3n) is 3.50. The van der Waals surface area contributed by atoms with Crippen LogP contribution in [0.1, 0.15) is 12.8 Å². The molecule has 2 fully saturated rings. The van der Waals surface area contributed by atoms with E-state index in [1.807, 2.05) is 0 Å². The summed E-state index contributed by atoms with van der Waals surface area (Å²) in [6, 6.07) is 0.463. The lowest BCUT2D eigenvalue weighted by Gasteiger charge is -2.34. The number of piperidine rings is 1. The maximum atomic E-state index is 11.9. The number of likely N-dealkylation sites (tertiary alicyclic amines) is 1. The van der Waals surface area contributed by atoms with Crippen LogP contribution in [0, 0.1) is 5.92 Å². The number of rotatable bonds is 3. The van der Waals surface area contributed by atoms with Gasteiger partial charge in [0.2, 0.25) is 5.91 Å². The van der Waals surface area contributed by atoms with Crippen LogP contribution in [0.3, 0.4) is 0 Å². The summed E-state index contributed by atoms with van der Waals surface area (Å²) in [5.74, 6) is 0.0925.